The van der Waals surface area contributed by atoms with Gasteiger partial charge in [0.05, 0.1) is 12.7 Å². The summed E-state index contributed by atoms with van der Waals surface area (Å²) in [5.74, 6) is 0.429. The highest BCUT2D eigenvalue weighted by Gasteiger charge is 2.32. The molecule has 0 unspecified atom stereocenters. The Morgan fingerprint density at radius 2 is 2.23 bits per heavy atom. The van der Waals surface area contributed by atoms with E-state index < -0.39 is 10.0 Å². The molecule has 22 heavy (non-hydrogen) atoms. The molecule has 118 valence electrons. The lowest BCUT2D eigenvalue weighted by atomic mass is 10.1. The smallest absolute Gasteiger partial charge is 0.252 e. The third-order valence-corrected chi connectivity index (χ3v) is 6.81. The van der Waals surface area contributed by atoms with Crippen molar-refractivity contribution in [1.82, 2.24) is 14.3 Å². The van der Waals surface area contributed by atoms with Crippen molar-refractivity contribution in [3.8, 4) is 5.88 Å². The van der Waals surface area contributed by atoms with Gasteiger partial charge in [0.2, 0.25) is 5.88 Å². The fourth-order valence-electron chi connectivity index (χ4n) is 2.41. The van der Waals surface area contributed by atoms with E-state index >= 15 is 0 Å². The lowest BCUT2D eigenvalue weighted by Crippen LogP contribution is -2.44. The molecule has 2 aromatic rings. The lowest BCUT2D eigenvalue weighted by molar-refractivity contribution is 0.124. The fraction of sp³-hybridized carbons (Fsp3) is 0.429. The average molecular weight is 339 g/mol. The summed E-state index contributed by atoms with van der Waals surface area (Å²) in [6.45, 7) is 2.77. The molecule has 0 aliphatic carbocycles. The van der Waals surface area contributed by atoms with Crippen LogP contribution in [0.15, 0.2) is 34.9 Å². The molecule has 0 radical (unpaired) electrons. The van der Waals surface area contributed by atoms with Gasteiger partial charge in [0, 0.05) is 23.8 Å². The number of ether oxygens (including phenoxy) is 1. The van der Waals surface area contributed by atoms with Gasteiger partial charge in [-0.3, -0.25) is 4.98 Å². The third-order valence-electron chi connectivity index (χ3n) is 3.48. The van der Waals surface area contributed by atoms with Gasteiger partial charge in [-0.15, -0.1) is 11.3 Å². The number of sulfonamides is 1. The second-order valence-corrected chi connectivity index (χ2v) is 8.61. The summed E-state index contributed by atoms with van der Waals surface area (Å²) >= 11 is 1.30. The molecule has 1 saturated heterocycles. The minimum absolute atomic E-state index is 0.193. The van der Waals surface area contributed by atoms with Crippen molar-refractivity contribution in [3.63, 3.8) is 0 Å². The van der Waals surface area contributed by atoms with Crippen LogP contribution < -0.4 is 4.74 Å². The Morgan fingerprint density at radius 3 is 2.91 bits per heavy atom. The lowest BCUT2D eigenvalue weighted by Gasteiger charge is -2.31. The van der Waals surface area contributed by atoms with Crippen LogP contribution in [-0.2, 0) is 10.0 Å². The number of thiophene rings is 1. The highest BCUT2D eigenvalue weighted by atomic mass is 32.2. The molecule has 6 nitrogen and oxygen atoms in total. The molecule has 0 saturated carbocycles. The van der Waals surface area contributed by atoms with Crippen molar-refractivity contribution in [3.05, 3.63) is 35.6 Å². The van der Waals surface area contributed by atoms with E-state index in [0.29, 0.717) is 23.2 Å². The molecule has 3 heterocycles. The number of rotatable bonds is 4. The number of hydrogen-bond donors (Lipinski definition) is 0. The van der Waals surface area contributed by atoms with Gasteiger partial charge in [0.1, 0.15) is 10.3 Å². The Bertz CT molecular complexity index is 731. The molecule has 0 spiro atoms. The maximum atomic E-state index is 12.7. The Labute approximate surface area is 133 Å². The molecule has 1 aliphatic heterocycles. The molecule has 1 aliphatic rings. The summed E-state index contributed by atoms with van der Waals surface area (Å²) in [6, 6.07) is 3.50. The zero-order valence-corrected chi connectivity index (χ0v) is 13.8. The number of aromatic nitrogens is 2. The molecule has 2 aromatic heterocycles. The molecular formula is C14H17N3O3S2. The number of piperidine rings is 1. The summed E-state index contributed by atoms with van der Waals surface area (Å²) in [5.41, 5.74) is 0. The molecule has 1 fully saturated rings. The highest BCUT2D eigenvalue weighted by Crippen LogP contribution is 2.27. The van der Waals surface area contributed by atoms with E-state index in [1.807, 2.05) is 13.0 Å². The predicted molar refractivity (Wildman–Crippen MR) is 83.5 cm³/mol. The predicted octanol–water partition coefficient (Wildman–Crippen LogP) is 2.08. The maximum absolute atomic E-state index is 12.7. The Morgan fingerprint density at radius 1 is 1.36 bits per heavy atom. The first-order chi connectivity index (χ1) is 10.6. The van der Waals surface area contributed by atoms with Gasteiger partial charge in [-0.1, -0.05) is 0 Å². The van der Waals surface area contributed by atoms with Crippen LogP contribution in [0.2, 0.25) is 0 Å². The van der Waals surface area contributed by atoms with Crippen LogP contribution in [0.4, 0.5) is 0 Å². The van der Waals surface area contributed by atoms with Crippen LogP contribution in [0.1, 0.15) is 17.7 Å². The normalized spacial score (nSPS) is 20.0. The first-order valence-electron chi connectivity index (χ1n) is 7.05. The van der Waals surface area contributed by atoms with Gasteiger partial charge in [0.15, 0.2) is 0 Å². The quantitative estimate of drug-likeness (QED) is 0.853. The van der Waals surface area contributed by atoms with E-state index in [-0.39, 0.29) is 6.10 Å². The Kier molecular flexibility index (Phi) is 4.42. The van der Waals surface area contributed by atoms with Crippen LogP contribution in [-0.4, -0.2) is 41.9 Å². The van der Waals surface area contributed by atoms with Crippen molar-refractivity contribution in [2.45, 2.75) is 30.1 Å². The highest BCUT2D eigenvalue weighted by molar-refractivity contribution is 7.91. The Hall–Kier alpha value is -1.51. The largest absolute Gasteiger partial charge is 0.472 e. The molecule has 0 aromatic carbocycles. The van der Waals surface area contributed by atoms with E-state index in [1.54, 1.807) is 18.5 Å². The summed E-state index contributed by atoms with van der Waals surface area (Å²) in [5, 5.41) is 0. The average Bonchev–Trinajstić information content (AvgIpc) is 2.96. The van der Waals surface area contributed by atoms with E-state index in [1.165, 1.54) is 21.8 Å². The van der Waals surface area contributed by atoms with Gasteiger partial charge >= 0.3 is 0 Å². The number of aryl methyl sites for hydroxylation is 1. The zero-order chi connectivity index (χ0) is 15.6. The second-order valence-electron chi connectivity index (χ2n) is 5.15. The van der Waals surface area contributed by atoms with Gasteiger partial charge < -0.3 is 4.74 Å². The fourth-order valence-corrected chi connectivity index (χ4v) is 5.36. The van der Waals surface area contributed by atoms with Crippen molar-refractivity contribution in [2.24, 2.45) is 0 Å². The minimum atomic E-state index is -3.43. The molecule has 8 heteroatoms. The van der Waals surface area contributed by atoms with Crippen molar-refractivity contribution in [2.75, 3.05) is 13.1 Å². The molecule has 0 bridgehead atoms. The molecule has 0 N–H and O–H groups in total. The van der Waals surface area contributed by atoms with Gasteiger partial charge in [-0.2, -0.15) is 4.31 Å². The maximum Gasteiger partial charge on any atom is 0.252 e. The SMILES string of the molecule is Cc1ccc(S(=O)(=O)N2CCC[C@@H](Oc3cnccn3)C2)s1. The van der Waals surface area contributed by atoms with Gasteiger partial charge in [-0.25, -0.2) is 13.4 Å². The monoisotopic (exact) mass is 339 g/mol. The zero-order valence-electron chi connectivity index (χ0n) is 12.2. The topological polar surface area (TPSA) is 72.4 Å². The third kappa shape index (κ3) is 3.29. The van der Waals surface area contributed by atoms with Crippen molar-refractivity contribution in [1.29, 1.82) is 0 Å². The molecular weight excluding hydrogens is 322 g/mol. The summed E-state index contributed by atoms with van der Waals surface area (Å²) < 4.78 is 32.9. The van der Waals surface area contributed by atoms with E-state index in [0.717, 1.165) is 17.7 Å². The Balaban J connectivity index is 1.73. The summed E-state index contributed by atoms with van der Waals surface area (Å²) in [6.07, 6.45) is 6.06. The van der Waals surface area contributed by atoms with Crippen LogP contribution >= 0.6 is 11.3 Å². The van der Waals surface area contributed by atoms with Gasteiger partial charge in [-0.05, 0) is 31.9 Å². The standard InChI is InChI=1S/C14H17N3O3S2/c1-11-4-5-14(21-11)22(18,19)17-8-2-3-12(10-17)20-13-9-15-6-7-16-13/h4-7,9,12H,2-3,8,10H2,1H3/t12-/m1/s1. The van der Waals surface area contributed by atoms with E-state index in [4.69, 9.17) is 4.74 Å². The van der Waals surface area contributed by atoms with Crippen LogP contribution in [0, 0.1) is 6.92 Å². The summed E-state index contributed by atoms with van der Waals surface area (Å²) in [7, 11) is -3.43. The van der Waals surface area contributed by atoms with Crippen molar-refractivity contribution < 1.29 is 13.2 Å². The van der Waals surface area contributed by atoms with Gasteiger partial charge in [0.25, 0.3) is 10.0 Å². The summed E-state index contributed by atoms with van der Waals surface area (Å²) in [4.78, 5) is 9.01. The van der Waals surface area contributed by atoms with Crippen LogP contribution in [0.5, 0.6) is 5.88 Å². The van der Waals surface area contributed by atoms with E-state index in [9.17, 15) is 8.42 Å². The number of hydrogen-bond acceptors (Lipinski definition) is 6. The molecule has 3 rings (SSSR count). The number of nitrogens with zero attached hydrogens (tertiary/aromatic N) is 3. The molecule has 0 amide bonds. The second kappa shape index (κ2) is 6.31. The minimum Gasteiger partial charge on any atom is -0.472 e. The molecule has 1 atom stereocenters. The van der Waals surface area contributed by atoms with Crippen molar-refractivity contribution >= 4 is 21.4 Å². The van der Waals surface area contributed by atoms with E-state index in [2.05, 4.69) is 9.97 Å². The first kappa shape index (κ1) is 15.4. The van der Waals surface area contributed by atoms with Crippen LogP contribution in [0.25, 0.3) is 0 Å². The first-order valence-corrected chi connectivity index (χ1v) is 9.30. The van der Waals surface area contributed by atoms with Crippen LogP contribution in [0.3, 0.4) is 0 Å².